The number of fused-ring (bicyclic) bond motifs is 1. The zero-order chi connectivity index (χ0) is 14.8. The summed E-state index contributed by atoms with van der Waals surface area (Å²) in [5, 5.41) is 5.76. The minimum absolute atomic E-state index is 0.156. The molecular formula is C13H12N4O3S. The summed E-state index contributed by atoms with van der Waals surface area (Å²) in [5.74, 6) is -0.581. The van der Waals surface area contributed by atoms with Crippen molar-refractivity contribution in [3.63, 3.8) is 0 Å². The maximum atomic E-state index is 12.0. The van der Waals surface area contributed by atoms with Crippen molar-refractivity contribution in [3.05, 3.63) is 44.8 Å². The lowest BCUT2D eigenvalue weighted by Crippen LogP contribution is -2.21. The predicted octanol–water partition coefficient (Wildman–Crippen LogP) is 0.760. The third-order valence-electron chi connectivity index (χ3n) is 3.04. The Balaban J connectivity index is 1.83. The summed E-state index contributed by atoms with van der Waals surface area (Å²) in [5.41, 5.74) is 0.599. The van der Waals surface area contributed by atoms with Gasteiger partial charge in [-0.2, -0.15) is 0 Å². The molecule has 0 saturated carbocycles. The second kappa shape index (κ2) is 5.49. The van der Waals surface area contributed by atoms with Gasteiger partial charge in [0.2, 0.25) is 5.56 Å². The van der Waals surface area contributed by atoms with Crippen LogP contribution in [0.25, 0.3) is 0 Å². The molecule has 0 aromatic carbocycles. The van der Waals surface area contributed by atoms with E-state index in [0.717, 1.165) is 17.8 Å². The second-order valence-corrected chi connectivity index (χ2v) is 5.55. The summed E-state index contributed by atoms with van der Waals surface area (Å²) in [7, 11) is 0. The van der Waals surface area contributed by atoms with Gasteiger partial charge in [-0.15, -0.1) is 0 Å². The van der Waals surface area contributed by atoms with E-state index in [9.17, 15) is 14.4 Å². The molecule has 3 N–H and O–H groups in total. The monoisotopic (exact) mass is 304 g/mol. The van der Waals surface area contributed by atoms with E-state index in [4.69, 9.17) is 0 Å². The van der Waals surface area contributed by atoms with Gasteiger partial charge in [0.25, 0.3) is 11.8 Å². The fraction of sp³-hybridized carbons (Fsp3) is 0.231. The number of aromatic nitrogens is 2. The number of pyridine rings is 1. The number of aryl methyl sites for hydroxylation is 1. The summed E-state index contributed by atoms with van der Waals surface area (Å²) in [6.45, 7) is 0.635. The van der Waals surface area contributed by atoms with Crippen molar-refractivity contribution in [1.29, 1.82) is 0 Å². The average molecular weight is 304 g/mol. The van der Waals surface area contributed by atoms with Crippen molar-refractivity contribution in [2.75, 3.05) is 11.9 Å². The Morgan fingerprint density at radius 1 is 1.38 bits per heavy atom. The summed E-state index contributed by atoms with van der Waals surface area (Å²) < 4.78 is 0. The number of H-pyrrole nitrogens is 1. The van der Waals surface area contributed by atoms with Crippen LogP contribution in [0.1, 0.15) is 32.1 Å². The number of anilines is 1. The molecule has 0 spiro atoms. The van der Waals surface area contributed by atoms with E-state index in [1.807, 2.05) is 0 Å². The first-order valence-electron chi connectivity index (χ1n) is 6.41. The minimum atomic E-state index is -0.426. The van der Waals surface area contributed by atoms with Crippen molar-refractivity contribution < 1.29 is 9.59 Å². The first-order chi connectivity index (χ1) is 10.1. The lowest BCUT2D eigenvalue weighted by Gasteiger charge is -2.01. The number of carbonyl (C=O) groups excluding carboxylic acids is 2. The van der Waals surface area contributed by atoms with Crippen LogP contribution < -0.4 is 16.2 Å². The maximum absolute atomic E-state index is 12.0. The fourth-order valence-corrected chi connectivity index (χ4v) is 2.97. The number of thiazole rings is 1. The lowest BCUT2D eigenvalue weighted by molar-refractivity contribution is 0.0958. The molecule has 7 nitrogen and oxygen atoms in total. The molecule has 0 aliphatic carbocycles. The van der Waals surface area contributed by atoms with Gasteiger partial charge in [0.15, 0.2) is 5.13 Å². The highest BCUT2D eigenvalue weighted by molar-refractivity contribution is 7.17. The van der Waals surface area contributed by atoms with Crippen LogP contribution in [0.5, 0.6) is 0 Å². The van der Waals surface area contributed by atoms with E-state index in [0.29, 0.717) is 28.7 Å². The topological polar surface area (TPSA) is 104 Å². The van der Waals surface area contributed by atoms with Crippen molar-refractivity contribution in [2.45, 2.75) is 12.8 Å². The number of hydrogen-bond acceptors (Lipinski definition) is 5. The number of rotatable bonds is 2. The molecule has 0 unspecified atom stereocenters. The highest BCUT2D eigenvalue weighted by Crippen LogP contribution is 2.25. The molecule has 8 heteroatoms. The van der Waals surface area contributed by atoms with Gasteiger partial charge in [-0.25, -0.2) is 4.98 Å². The molecule has 2 aromatic heterocycles. The summed E-state index contributed by atoms with van der Waals surface area (Å²) in [4.78, 5) is 42.3. The smallest absolute Gasteiger partial charge is 0.263 e. The Morgan fingerprint density at radius 3 is 3.05 bits per heavy atom. The van der Waals surface area contributed by atoms with Gasteiger partial charge in [-0.05, 0) is 18.9 Å². The third kappa shape index (κ3) is 2.84. The normalized spacial score (nSPS) is 14.0. The van der Waals surface area contributed by atoms with Gasteiger partial charge in [0, 0.05) is 24.4 Å². The van der Waals surface area contributed by atoms with Gasteiger partial charge in [0.05, 0.1) is 5.69 Å². The van der Waals surface area contributed by atoms with Crippen LogP contribution in [0.4, 0.5) is 5.13 Å². The Bertz CT molecular complexity index is 765. The van der Waals surface area contributed by atoms with Gasteiger partial charge in [0.1, 0.15) is 4.88 Å². The molecule has 1 aliphatic rings. The zero-order valence-electron chi connectivity index (χ0n) is 10.9. The van der Waals surface area contributed by atoms with Crippen LogP contribution in [0, 0.1) is 0 Å². The Morgan fingerprint density at radius 2 is 2.24 bits per heavy atom. The van der Waals surface area contributed by atoms with E-state index in [-0.39, 0.29) is 17.0 Å². The highest BCUT2D eigenvalue weighted by Gasteiger charge is 2.21. The molecule has 3 rings (SSSR count). The summed E-state index contributed by atoms with van der Waals surface area (Å²) in [6.07, 6.45) is 2.93. The summed E-state index contributed by atoms with van der Waals surface area (Å²) >= 11 is 1.14. The van der Waals surface area contributed by atoms with Crippen LogP contribution in [-0.4, -0.2) is 28.3 Å². The van der Waals surface area contributed by atoms with E-state index in [2.05, 4.69) is 20.6 Å². The van der Waals surface area contributed by atoms with Crippen LogP contribution >= 0.6 is 11.3 Å². The van der Waals surface area contributed by atoms with Crippen molar-refractivity contribution in [2.24, 2.45) is 0 Å². The first kappa shape index (κ1) is 13.5. The maximum Gasteiger partial charge on any atom is 0.263 e. The van der Waals surface area contributed by atoms with E-state index in [1.54, 1.807) is 0 Å². The Kier molecular flexibility index (Phi) is 3.53. The number of hydrogen-bond donors (Lipinski definition) is 3. The zero-order valence-corrected chi connectivity index (χ0v) is 11.8. The third-order valence-corrected chi connectivity index (χ3v) is 4.05. The number of amides is 2. The number of aromatic amines is 1. The molecule has 0 radical (unpaired) electrons. The summed E-state index contributed by atoms with van der Waals surface area (Å²) in [6, 6.07) is 2.71. The molecule has 0 atom stereocenters. The SMILES string of the molecule is O=C(Nc1nc2c(s1)C(=O)NCCC2)c1cc[nH]c(=O)c1. The molecule has 1 aliphatic heterocycles. The van der Waals surface area contributed by atoms with Crippen molar-refractivity contribution in [1.82, 2.24) is 15.3 Å². The molecule has 0 bridgehead atoms. The molecule has 21 heavy (non-hydrogen) atoms. The first-order valence-corrected chi connectivity index (χ1v) is 7.23. The van der Waals surface area contributed by atoms with Crippen LogP contribution in [0.3, 0.4) is 0 Å². The van der Waals surface area contributed by atoms with E-state index < -0.39 is 5.91 Å². The molecule has 2 amide bonds. The van der Waals surface area contributed by atoms with Gasteiger partial charge >= 0.3 is 0 Å². The second-order valence-electron chi connectivity index (χ2n) is 4.55. The molecular weight excluding hydrogens is 292 g/mol. The van der Waals surface area contributed by atoms with Gasteiger partial charge in [-0.1, -0.05) is 11.3 Å². The minimum Gasteiger partial charge on any atom is -0.351 e. The van der Waals surface area contributed by atoms with Crippen LogP contribution in [0.2, 0.25) is 0 Å². The van der Waals surface area contributed by atoms with Crippen molar-refractivity contribution >= 4 is 28.3 Å². The highest BCUT2D eigenvalue weighted by atomic mass is 32.1. The van der Waals surface area contributed by atoms with E-state index in [1.165, 1.54) is 18.3 Å². The molecule has 3 heterocycles. The molecule has 108 valence electrons. The number of carbonyl (C=O) groups is 2. The molecule has 2 aromatic rings. The average Bonchev–Trinajstić information content (AvgIpc) is 2.78. The van der Waals surface area contributed by atoms with Crippen molar-refractivity contribution in [3.8, 4) is 0 Å². The Hall–Kier alpha value is -2.48. The number of nitrogens with one attached hydrogen (secondary N) is 3. The largest absolute Gasteiger partial charge is 0.351 e. The standard InChI is InChI=1S/C13H12N4O3S/c18-9-6-7(3-5-14-9)11(19)17-13-16-8-2-1-4-15-12(20)10(8)21-13/h3,5-6H,1-2,4H2,(H,14,18)(H,15,20)(H,16,17,19). The van der Waals surface area contributed by atoms with Crippen LogP contribution in [-0.2, 0) is 6.42 Å². The quantitative estimate of drug-likeness (QED) is 0.762. The van der Waals surface area contributed by atoms with E-state index >= 15 is 0 Å². The molecule has 0 saturated heterocycles. The molecule has 0 fully saturated rings. The van der Waals surface area contributed by atoms with Gasteiger partial charge in [-0.3, -0.25) is 19.7 Å². The number of nitrogens with zero attached hydrogens (tertiary/aromatic N) is 1. The lowest BCUT2D eigenvalue weighted by atomic mass is 10.2. The predicted molar refractivity (Wildman–Crippen MR) is 77.8 cm³/mol. The fourth-order valence-electron chi connectivity index (χ4n) is 2.05. The Labute approximate surface area is 123 Å². The van der Waals surface area contributed by atoms with Gasteiger partial charge < -0.3 is 10.3 Å². The van der Waals surface area contributed by atoms with Crippen LogP contribution in [0.15, 0.2) is 23.1 Å².